The quantitative estimate of drug-likeness (QED) is 0.869. The molecule has 90 valence electrons. The first-order valence-electron chi connectivity index (χ1n) is 5.73. The van der Waals surface area contributed by atoms with E-state index in [0.29, 0.717) is 6.04 Å². The van der Waals surface area contributed by atoms with Crippen molar-refractivity contribution < 1.29 is 4.74 Å². The van der Waals surface area contributed by atoms with Crippen LogP contribution in [-0.2, 0) is 4.74 Å². The van der Waals surface area contributed by atoms with Crippen LogP contribution in [0, 0.1) is 6.92 Å². The van der Waals surface area contributed by atoms with Crippen molar-refractivity contribution in [3.05, 3.63) is 21.9 Å². The molecule has 2 unspecified atom stereocenters. The summed E-state index contributed by atoms with van der Waals surface area (Å²) >= 11 is 1.80. The molecule has 2 rings (SSSR count). The summed E-state index contributed by atoms with van der Waals surface area (Å²) in [6, 6.07) is 2.57. The molecular formula is C12H20N2OS. The van der Waals surface area contributed by atoms with E-state index < -0.39 is 0 Å². The van der Waals surface area contributed by atoms with Gasteiger partial charge < -0.3 is 15.0 Å². The zero-order chi connectivity index (χ0) is 11.5. The normalized spacial score (nSPS) is 24.6. The van der Waals surface area contributed by atoms with Gasteiger partial charge in [-0.2, -0.15) is 0 Å². The van der Waals surface area contributed by atoms with Gasteiger partial charge in [-0.3, -0.25) is 0 Å². The summed E-state index contributed by atoms with van der Waals surface area (Å²) in [6.45, 7) is 5.02. The maximum atomic E-state index is 5.87. The van der Waals surface area contributed by atoms with Crippen LogP contribution >= 0.6 is 11.3 Å². The van der Waals surface area contributed by atoms with E-state index in [9.17, 15) is 0 Å². The van der Waals surface area contributed by atoms with Gasteiger partial charge in [0, 0.05) is 18.0 Å². The van der Waals surface area contributed by atoms with Gasteiger partial charge in [0.25, 0.3) is 0 Å². The molecule has 1 aromatic heterocycles. The van der Waals surface area contributed by atoms with Crippen molar-refractivity contribution in [2.45, 2.75) is 19.1 Å². The van der Waals surface area contributed by atoms with Crippen LogP contribution in [-0.4, -0.2) is 44.8 Å². The van der Waals surface area contributed by atoms with E-state index in [-0.39, 0.29) is 6.10 Å². The van der Waals surface area contributed by atoms with E-state index in [2.05, 4.69) is 35.6 Å². The molecule has 0 spiro atoms. The zero-order valence-electron chi connectivity index (χ0n) is 10.2. The highest BCUT2D eigenvalue weighted by Gasteiger charge is 2.27. The van der Waals surface area contributed by atoms with Crippen molar-refractivity contribution in [3.63, 3.8) is 0 Å². The highest BCUT2D eigenvalue weighted by atomic mass is 32.1. The van der Waals surface area contributed by atoms with Crippen LogP contribution in [0.1, 0.15) is 16.5 Å². The molecule has 3 nitrogen and oxygen atoms in total. The summed E-state index contributed by atoms with van der Waals surface area (Å²) in [7, 11) is 4.16. The second kappa shape index (κ2) is 5.27. The molecule has 0 radical (unpaired) electrons. The Bertz CT molecular complexity index is 340. The molecule has 2 atom stereocenters. The SMILES string of the molecule is CNC(c1csc(C)c1)C1CN(C)CCO1. The molecule has 2 heterocycles. The van der Waals surface area contributed by atoms with E-state index in [1.54, 1.807) is 11.3 Å². The lowest BCUT2D eigenvalue weighted by molar-refractivity contribution is -0.0379. The minimum Gasteiger partial charge on any atom is -0.374 e. The molecule has 1 aromatic rings. The smallest absolute Gasteiger partial charge is 0.0896 e. The van der Waals surface area contributed by atoms with Crippen LogP contribution in [0.3, 0.4) is 0 Å². The first kappa shape index (κ1) is 12.0. The van der Waals surface area contributed by atoms with Gasteiger partial charge >= 0.3 is 0 Å². The van der Waals surface area contributed by atoms with Gasteiger partial charge in [-0.1, -0.05) is 0 Å². The Kier molecular flexibility index (Phi) is 3.97. The van der Waals surface area contributed by atoms with Crippen LogP contribution in [0.2, 0.25) is 0 Å². The highest BCUT2D eigenvalue weighted by Crippen LogP contribution is 2.25. The summed E-state index contributed by atoms with van der Waals surface area (Å²) in [5, 5.41) is 5.61. The van der Waals surface area contributed by atoms with E-state index in [0.717, 1.165) is 19.7 Å². The van der Waals surface area contributed by atoms with Crippen molar-refractivity contribution >= 4 is 11.3 Å². The molecule has 1 aliphatic rings. The number of morpholine rings is 1. The molecule has 16 heavy (non-hydrogen) atoms. The zero-order valence-corrected chi connectivity index (χ0v) is 11.0. The minimum atomic E-state index is 0.262. The number of likely N-dealkylation sites (N-methyl/N-ethyl adjacent to an activating group) is 2. The fourth-order valence-electron chi connectivity index (χ4n) is 2.21. The van der Waals surface area contributed by atoms with E-state index in [1.165, 1.54) is 10.4 Å². The predicted octanol–water partition coefficient (Wildman–Crippen LogP) is 1.65. The van der Waals surface area contributed by atoms with Crippen LogP contribution < -0.4 is 5.32 Å². The van der Waals surface area contributed by atoms with E-state index >= 15 is 0 Å². The van der Waals surface area contributed by atoms with Gasteiger partial charge in [0.05, 0.1) is 18.8 Å². The van der Waals surface area contributed by atoms with Crippen LogP contribution in [0.25, 0.3) is 0 Å². The molecule has 4 heteroatoms. The average Bonchev–Trinajstić information content (AvgIpc) is 2.66. The Morgan fingerprint density at radius 3 is 3.00 bits per heavy atom. The Labute approximate surface area is 101 Å². The number of hydrogen-bond acceptors (Lipinski definition) is 4. The van der Waals surface area contributed by atoms with Gasteiger partial charge in [-0.25, -0.2) is 0 Å². The third kappa shape index (κ3) is 2.63. The number of nitrogens with one attached hydrogen (secondary N) is 1. The fraction of sp³-hybridized carbons (Fsp3) is 0.667. The Morgan fingerprint density at radius 2 is 2.44 bits per heavy atom. The first-order valence-corrected chi connectivity index (χ1v) is 6.61. The summed E-state index contributed by atoms with van der Waals surface area (Å²) in [5.74, 6) is 0. The largest absolute Gasteiger partial charge is 0.374 e. The third-order valence-corrected chi connectivity index (χ3v) is 3.97. The molecule has 1 aliphatic heterocycles. The number of thiophene rings is 1. The molecule has 0 aliphatic carbocycles. The van der Waals surface area contributed by atoms with Crippen molar-refractivity contribution in [1.82, 2.24) is 10.2 Å². The number of hydrogen-bond donors (Lipinski definition) is 1. The molecule has 1 saturated heterocycles. The average molecular weight is 240 g/mol. The summed E-state index contributed by atoms with van der Waals surface area (Å²) < 4.78 is 5.87. The molecular weight excluding hydrogens is 220 g/mol. The fourth-order valence-corrected chi connectivity index (χ4v) is 2.95. The number of ether oxygens (including phenoxy) is 1. The minimum absolute atomic E-state index is 0.262. The van der Waals surface area contributed by atoms with Gasteiger partial charge in [0.1, 0.15) is 0 Å². The first-order chi connectivity index (χ1) is 7.70. The second-order valence-corrected chi connectivity index (χ2v) is 5.54. The number of rotatable bonds is 3. The van der Waals surface area contributed by atoms with Crippen molar-refractivity contribution in [1.29, 1.82) is 0 Å². The lowest BCUT2D eigenvalue weighted by Gasteiger charge is -2.34. The predicted molar refractivity (Wildman–Crippen MR) is 68.1 cm³/mol. The summed E-state index contributed by atoms with van der Waals surface area (Å²) in [4.78, 5) is 3.69. The molecule has 0 aromatic carbocycles. The number of nitrogens with zero attached hydrogens (tertiary/aromatic N) is 1. The Hall–Kier alpha value is -0.420. The summed E-state index contributed by atoms with van der Waals surface area (Å²) in [6.07, 6.45) is 0.262. The molecule has 0 amide bonds. The van der Waals surface area contributed by atoms with Crippen LogP contribution in [0.5, 0.6) is 0 Å². The lowest BCUT2D eigenvalue weighted by atomic mass is 10.0. The maximum Gasteiger partial charge on any atom is 0.0896 e. The number of aryl methyl sites for hydroxylation is 1. The Balaban J connectivity index is 2.09. The second-order valence-electron chi connectivity index (χ2n) is 4.43. The van der Waals surface area contributed by atoms with E-state index in [1.807, 2.05) is 7.05 Å². The van der Waals surface area contributed by atoms with Gasteiger partial charge in [-0.05, 0) is 38.0 Å². The van der Waals surface area contributed by atoms with Gasteiger partial charge in [0.2, 0.25) is 0 Å². The lowest BCUT2D eigenvalue weighted by Crippen LogP contribution is -2.45. The maximum absolute atomic E-state index is 5.87. The van der Waals surface area contributed by atoms with Crippen molar-refractivity contribution in [3.8, 4) is 0 Å². The molecule has 0 bridgehead atoms. The highest BCUT2D eigenvalue weighted by molar-refractivity contribution is 7.10. The molecule has 1 N–H and O–H groups in total. The summed E-state index contributed by atoms with van der Waals surface area (Å²) in [5.41, 5.74) is 1.35. The van der Waals surface area contributed by atoms with Crippen molar-refractivity contribution in [2.75, 3.05) is 33.8 Å². The molecule has 0 saturated carbocycles. The Morgan fingerprint density at radius 1 is 1.62 bits per heavy atom. The van der Waals surface area contributed by atoms with Crippen LogP contribution in [0.15, 0.2) is 11.4 Å². The van der Waals surface area contributed by atoms with Crippen molar-refractivity contribution in [2.24, 2.45) is 0 Å². The van der Waals surface area contributed by atoms with Crippen LogP contribution in [0.4, 0.5) is 0 Å². The van der Waals surface area contributed by atoms with E-state index in [4.69, 9.17) is 4.74 Å². The standard InChI is InChI=1S/C12H20N2OS/c1-9-6-10(8-16-9)12(13-2)11-7-14(3)4-5-15-11/h6,8,11-13H,4-5,7H2,1-3H3. The topological polar surface area (TPSA) is 24.5 Å². The third-order valence-electron chi connectivity index (χ3n) is 3.09. The monoisotopic (exact) mass is 240 g/mol. The molecule has 1 fully saturated rings. The van der Waals surface area contributed by atoms with Gasteiger partial charge in [-0.15, -0.1) is 11.3 Å². The van der Waals surface area contributed by atoms with Gasteiger partial charge in [0.15, 0.2) is 0 Å².